The summed E-state index contributed by atoms with van der Waals surface area (Å²) in [5, 5.41) is 17.7. The fourth-order valence-electron chi connectivity index (χ4n) is 2.26. The molecule has 2 aromatic carbocycles. The first kappa shape index (κ1) is 19.9. The lowest BCUT2D eigenvalue weighted by atomic mass is 10.1. The molecule has 0 heterocycles. The lowest BCUT2D eigenvalue weighted by molar-refractivity contribution is -0.137. The predicted octanol–water partition coefficient (Wildman–Crippen LogP) is 5.11. The van der Waals surface area contributed by atoms with E-state index in [1.165, 1.54) is 12.1 Å². The molecule has 0 bridgehead atoms. The van der Waals surface area contributed by atoms with Crippen LogP contribution in [-0.4, -0.2) is 6.61 Å². The van der Waals surface area contributed by atoms with Crippen molar-refractivity contribution < 1.29 is 22.6 Å². The molecule has 7 heteroatoms. The van der Waals surface area contributed by atoms with Crippen molar-refractivity contribution in [3.63, 3.8) is 0 Å². The number of rotatable bonds is 6. The Morgan fingerprint density at radius 3 is 2.41 bits per heavy atom. The molecule has 138 valence electrons. The number of halogens is 3. The molecule has 2 rings (SSSR count). The van der Waals surface area contributed by atoms with Crippen molar-refractivity contribution in [3.8, 4) is 23.6 Å². The second kappa shape index (κ2) is 8.77. The monoisotopic (exact) mass is 372 g/mol. The number of ether oxygens (including phenoxy) is 2. The molecule has 0 aromatic heterocycles. The van der Waals surface area contributed by atoms with Crippen LogP contribution in [0.25, 0.3) is 6.08 Å². The first-order valence-corrected chi connectivity index (χ1v) is 7.95. The normalized spacial score (nSPS) is 10.4. The Morgan fingerprint density at radius 1 is 1.04 bits per heavy atom. The van der Waals surface area contributed by atoms with Gasteiger partial charge in [-0.25, -0.2) is 0 Å². The number of allylic oxidation sites excluding steroid dienone is 1. The van der Waals surface area contributed by atoms with Crippen molar-refractivity contribution >= 4 is 6.08 Å². The Bertz CT molecular complexity index is 906. The van der Waals surface area contributed by atoms with E-state index in [2.05, 4.69) is 0 Å². The van der Waals surface area contributed by atoms with Gasteiger partial charge in [0.15, 0.2) is 11.5 Å². The maximum Gasteiger partial charge on any atom is 0.416 e. The largest absolute Gasteiger partial charge is 0.490 e. The summed E-state index contributed by atoms with van der Waals surface area (Å²) in [6, 6.07) is 13.2. The van der Waals surface area contributed by atoms with Gasteiger partial charge in [-0.3, -0.25) is 0 Å². The van der Waals surface area contributed by atoms with Gasteiger partial charge in [-0.05, 0) is 48.4 Å². The smallest absolute Gasteiger partial charge is 0.416 e. The lowest BCUT2D eigenvalue weighted by Gasteiger charge is -2.13. The number of nitriles is 2. The molecule has 27 heavy (non-hydrogen) atoms. The lowest BCUT2D eigenvalue weighted by Crippen LogP contribution is -2.06. The molecule has 0 radical (unpaired) electrons. The van der Waals surface area contributed by atoms with Gasteiger partial charge in [0.2, 0.25) is 0 Å². The fourth-order valence-corrected chi connectivity index (χ4v) is 2.26. The number of alkyl halides is 3. The Kier molecular flexibility index (Phi) is 6.46. The quantitative estimate of drug-likeness (QED) is 0.661. The third-order valence-electron chi connectivity index (χ3n) is 3.47. The maximum atomic E-state index is 12.8. The van der Waals surface area contributed by atoms with Gasteiger partial charge >= 0.3 is 6.18 Å². The zero-order valence-electron chi connectivity index (χ0n) is 14.4. The zero-order valence-corrected chi connectivity index (χ0v) is 14.4. The molecule has 0 amide bonds. The summed E-state index contributed by atoms with van der Waals surface area (Å²) < 4.78 is 49.5. The van der Waals surface area contributed by atoms with Gasteiger partial charge in [0.05, 0.1) is 12.2 Å². The SMILES string of the molecule is CCOc1cc(C=C(C#N)C#N)ccc1OCc1cccc(C(F)(F)F)c1. The van der Waals surface area contributed by atoms with Crippen molar-refractivity contribution in [2.75, 3.05) is 6.61 Å². The highest BCUT2D eigenvalue weighted by Crippen LogP contribution is 2.32. The average molecular weight is 372 g/mol. The second-order valence-corrected chi connectivity index (χ2v) is 5.41. The summed E-state index contributed by atoms with van der Waals surface area (Å²) in [5.41, 5.74) is 0.139. The molecule has 0 N–H and O–H groups in total. The first-order valence-electron chi connectivity index (χ1n) is 7.95. The van der Waals surface area contributed by atoms with Crippen LogP contribution in [0.3, 0.4) is 0 Å². The molecule has 4 nitrogen and oxygen atoms in total. The van der Waals surface area contributed by atoms with Gasteiger partial charge in [0.1, 0.15) is 24.3 Å². The van der Waals surface area contributed by atoms with Crippen LogP contribution >= 0.6 is 0 Å². The Labute approximate surface area is 154 Å². The molecule has 0 aliphatic heterocycles. The van der Waals surface area contributed by atoms with E-state index in [1.807, 2.05) is 0 Å². The van der Waals surface area contributed by atoms with E-state index in [-0.39, 0.29) is 12.2 Å². The van der Waals surface area contributed by atoms with Crippen molar-refractivity contribution in [3.05, 3.63) is 64.7 Å². The molecule has 2 aromatic rings. The summed E-state index contributed by atoms with van der Waals surface area (Å²) in [5.74, 6) is 0.718. The number of hydrogen-bond donors (Lipinski definition) is 0. The van der Waals surface area contributed by atoms with Crippen molar-refractivity contribution in [1.29, 1.82) is 10.5 Å². The highest BCUT2D eigenvalue weighted by Gasteiger charge is 2.30. The standard InChI is InChI=1S/C20H15F3N2O2/c1-2-26-19-10-14(8-16(11-24)12-25)6-7-18(19)27-13-15-4-3-5-17(9-15)20(21,22)23/h3-10H,2,13H2,1H3. The van der Waals surface area contributed by atoms with E-state index in [0.29, 0.717) is 29.2 Å². The first-order chi connectivity index (χ1) is 12.9. The van der Waals surface area contributed by atoms with Gasteiger partial charge in [0.25, 0.3) is 0 Å². The summed E-state index contributed by atoms with van der Waals surface area (Å²) in [6.45, 7) is 2.05. The summed E-state index contributed by atoms with van der Waals surface area (Å²) in [7, 11) is 0. The third-order valence-corrected chi connectivity index (χ3v) is 3.47. The minimum Gasteiger partial charge on any atom is -0.490 e. The van der Waals surface area contributed by atoms with Gasteiger partial charge < -0.3 is 9.47 Å². The third kappa shape index (κ3) is 5.52. The minimum atomic E-state index is -4.42. The minimum absolute atomic E-state index is 0.0601. The van der Waals surface area contributed by atoms with Crippen LogP contribution in [-0.2, 0) is 12.8 Å². The van der Waals surface area contributed by atoms with Crippen LogP contribution in [0.2, 0.25) is 0 Å². The molecule has 0 aliphatic rings. The Balaban J connectivity index is 2.23. The molecule has 0 unspecified atom stereocenters. The van der Waals surface area contributed by atoms with Gasteiger partial charge in [-0.15, -0.1) is 0 Å². The van der Waals surface area contributed by atoms with Gasteiger partial charge in [0, 0.05) is 0 Å². The van der Waals surface area contributed by atoms with E-state index in [9.17, 15) is 13.2 Å². The topological polar surface area (TPSA) is 66.0 Å². The zero-order chi connectivity index (χ0) is 19.9. The molecule has 0 saturated heterocycles. The van der Waals surface area contributed by atoms with Crippen LogP contribution in [0, 0.1) is 22.7 Å². The van der Waals surface area contributed by atoms with E-state index in [0.717, 1.165) is 12.1 Å². The van der Waals surface area contributed by atoms with E-state index in [1.54, 1.807) is 43.3 Å². The summed E-state index contributed by atoms with van der Waals surface area (Å²) in [4.78, 5) is 0. The van der Waals surface area contributed by atoms with Crippen molar-refractivity contribution in [2.45, 2.75) is 19.7 Å². The summed E-state index contributed by atoms with van der Waals surface area (Å²) >= 11 is 0. The molecular weight excluding hydrogens is 357 g/mol. The Morgan fingerprint density at radius 2 is 1.78 bits per heavy atom. The highest BCUT2D eigenvalue weighted by atomic mass is 19.4. The summed E-state index contributed by atoms with van der Waals surface area (Å²) in [6.07, 6.45) is -3.02. The van der Waals surface area contributed by atoms with Gasteiger partial charge in [-0.1, -0.05) is 18.2 Å². The molecular formula is C20H15F3N2O2. The predicted molar refractivity (Wildman–Crippen MR) is 92.6 cm³/mol. The molecule has 0 aliphatic carbocycles. The number of hydrogen-bond acceptors (Lipinski definition) is 4. The molecule has 0 atom stereocenters. The van der Waals surface area contributed by atoms with Crippen molar-refractivity contribution in [1.82, 2.24) is 0 Å². The fraction of sp³-hybridized carbons (Fsp3) is 0.200. The van der Waals surface area contributed by atoms with E-state index >= 15 is 0 Å². The van der Waals surface area contributed by atoms with Gasteiger partial charge in [-0.2, -0.15) is 23.7 Å². The Hall–Kier alpha value is -3.45. The highest BCUT2D eigenvalue weighted by molar-refractivity contribution is 5.64. The average Bonchev–Trinajstić information content (AvgIpc) is 2.65. The second-order valence-electron chi connectivity index (χ2n) is 5.41. The van der Waals surface area contributed by atoms with E-state index < -0.39 is 11.7 Å². The van der Waals surface area contributed by atoms with Crippen LogP contribution in [0.4, 0.5) is 13.2 Å². The van der Waals surface area contributed by atoms with E-state index in [4.69, 9.17) is 20.0 Å². The number of nitrogens with zero attached hydrogens (tertiary/aromatic N) is 2. The van der Waals surface area contributed by atoms with Crippen LogP contribution < -0.4 is 9.47 Å². The van der Waals surface area contributed by atoms with Crippen molar-refractivity contribution in [2.24, 2.45) is 0 Å². The molecule has 0 saturated carbocycles. The van der Waals surface area contributed by atoms with Crippen LogP contribution in [0.15, 0.2) is 48.0 Å². The number of benzene rings is 2. The molecule has 0 fully saturated rings. The van der Waals surface area contributed by atoms with Crippen LogP contribution in [0.5, 0.6) is 11.5 Å². The maximum absolute atomic E-state index is 12.8. The van der Waals surface area contributed by atoms with Crippen LogP contribution in [0.1, 0.15) is 23.6 Å². The molecule has 0 spiro atoms.